The highest BCUT2D eigenvalue weighted by molar-refractivity contribution is 7.99. The Kier molecular flexibility index (Phi) is 5.70. The summed E-state index contributed by atoms with van der Waals surface area (Å²) in [4.78, 5) is 12.4. The number of benzene rings is 1. The maximum atomic E-state index is 12.4. The van der Waals surface area contributed by atoms with Crippen LogP contribution < -0.4 is 5.43 Å². The van der Waals surface area contributed by atoms with Gasteiger partial charge >= 0.3 is 0 Å². The number of hydrazone groups is 1. The molecule has 1 heterocycles. The van der Waals surface area contributed by atoms with Crippen molar-refractivity contribution >= 4 is 46.6 Å². The highest BCUT2D eigenvalue weighted by Crippen LogP contribution is 2.60. The third kappa shape index (κ3) is 4.10. The maximum absolute atomic E-state index is 12.4. The number of hydrogen-bond donors (Lipinski definition) is 1. The Hall–Kier alpha value is -1.57. The molecule has 33 heavy (non-hydrogen) atoms. The summed E-state index contributed by atoms with van der Waals surface area (Å²) in [6.07, 6.45) is 10.7. The molecule has 5 aliphatic rings. The largest absolute Gasteiger partial charge is 0.272 e. The first-order chi connectivity index (χ1) is 16.0. The second kappa shape index (κ2) is 8.58. The van der Waals surface area contributed by atoms with E-state index in [4.69, 9.17) is 28.3 Å². The van der Waals surface area contributed by atoms with Gasteiger partial charge in [0.25, 0.3) is 5.91 Å². The van der Waals surface area contributed by atoms with Gasteiger partial charge in [0.05, 0.1) is 16.5 Å². The topological polar surface area (TPSA) is 72.2 Å². The molecule has 2 aromatic rings. The van der Waals surface area contributed by atoms with Gasteiger partial charge in [-0.3, -0.25) is 9.36 Å². The molecule has 5 aliphatic carbocycles. The van der Waals surface area contributed by atoms with Gasteiger partial charge in [-0.15, -0.1) is 10.2 Å². The molecule has 0 saturated heterocycles. The van der Waals surface area contributed by atoms with Gasteiger partial charge in [-0.2, -0.15) is 5.10 Å². The van der Waals surface area contributed by atoms with Crippen LogP contribution >= 0.6 is 35.0 Å². The minimum absolute atomic E-state index is 0.0436. The molecule has 1 amide bonds. The summed E-state index contributed by atoms with van der Waals surface area (Å²) in [6.45, 7) is 0. The fourth-order valence-electron chi connectivity index (χ4n) is 6.72. The average Bonchev–Trinajstić information content (AvgIpc) is 3.15. The Balaban J connectivity index is 1.33. The van der Waals surface area contributed by atoms with Crippen LogP contribution in [0.5, 0.6) is 0 Å². The molecule has 1 aromatic carbocycles. The lowest BCUT2D eigenvalue weighted by Crippen LogP contribution is -2.49. The lowest BCUT2D eigenvalue weighted by atomic mass is 9.49. The van der Waals surface area contributed by atoms with Crippen molar-refractivity contribution in [1.29, 1.82) is 0 Å². The Labute approximate surface area is 207 Å². The molecule has 5 saturated carbocycles. The number of amides is 1. The first-order valence-electron chi connectivity index (χ1n) is 11.9. The normalized spacial score (nSPS) is 29.8. The smallest absolute Gasteiger partial charge is 0.250 e. The number of rotatable bonds is 6. The van der Waals surface area contributed by atoms with Crippen molar-refractivity contribution in [2.45, 2.75) is 68.4 Å². The molecule has 1 aromatic heterocycles. The van der Waals surface area contributed by atoms with Gasteiger partial charge in [0.2, 0.25) is 0 Å². The Bertz CT molecular complexity index is 1090. The molecular formula is C24H27Cl2N5OS. The zero-order chi connectivity index (χ0) is 22.6. The highest BCUT2D eigenvalue weighted by Gasteiger charge is 2.54. The molecule has 0 spiro atoms. The fourth-order valence-corrected chi connectivity index (χ4v) is 7.95. The first-order valence-corrected chi connectivity index (χ1v) is 13.6. The van der Waals surface area contributed by atoms with Crippen molar-refractivity contribution in [1.82, 2.24) is 20.2 Å². The Morgan fingerprint density at radius 3 is 2.42 bits per heavy atom. The number of carbonyl (C=O) groups is 1. The third-order valence-electron chi connectivity index (χ3n) is 7.90. The molecule has 6 nitrogen and oxygen atoms in total. The number of nitrogens with zero attached hydrogens (tertiary/aromatic N) is 4. The van der Waals surface area contributed by atoms with Crippen LogP contribution in [0, 0.1) is 17.8 Å². The number of nitrogens with one attached hydrogen (secondary N) is 1. The van der Waals surface area contributed by atoms with E-state index in [1.807, 2.05) is 12.1 Å². The molecule has 7 rings (SSSR count). The molecule has 5 fully saturated rings. The predicted octanol–water partition coefficient (Wildman–Crippen LogP) is 5.79. The zero-order valence-electron chi connectivity index (χ0n) is 18.4. The van der Waals surface area contributed by atoms with Gasteiger partial charge < -0.3 is 0 Å². The molecule has 0 radical (unpaired) electrons. The standard InChI is InChI=1S/C24H27Cl2N5OS/c25-17-4-5-20(19(26)9-17)31-22(24-10-14-6-15(11-24)8-16(7-14)12-24)29-30-23(31)33-13-21(32)28-27-18-2-1-3-18/h4-5,9,14-16H,1-3,6-8,10-13H2,(H,28,32). The predicted molar refractivity (Wildman–Crippen MR) is 131 cm³/mol. The summed E-state index contributed by atoms with van der Waals surface area (Å²) >= 11 is 14.3. The van der Waals surface area contributed by atoms with Gasteiger partial charge in [0, 0.05) is 16.1 Å². The second-order valence-electron chi connectivity index (χ2n) is 10.3. The zero-order valence-corrected chi connectivity index (χ0v) is 20.7. The molecule has 4 bridgehead atoms. The van der Waals surface area contributed by atoms with E-state index in [0.717, 1.165) is 54.2 Å². The highest BCUT2D eigenvalue weighted by atomic mass is 35.5. The van der Waals surface area contributed by atoms with E-state index in [1.54, 1.807) is 6.07 Å². The van der Waals surface area contributed by atoms with E-state index < -0.39 is 0 Å². The van der Waals surface area contributed by atoms with Crippen LogP contribution in [-0.4, -0.2) is 32.1 Å². The second-order valence-corrected chi connectivity index (χ2v) is 12.1. The van der Waals surface area contributed by atoms with Crippen molar-refractivity contribution < 1.29 is 4.79 Å². The molecule has 0 aliphatic heterocycles. The number of aromatic nitrogens is 3. The van der Waals surface area contributed by atoms with Gasteiger partial charge in [-0.05, 0) is 93.7 Å². The summed E-state index contributed by atoms with van der Waals surface area (Å²) in [5, 5.41) is 15.4. The van der Waals surface area contributed by atoms with E-state index in [0.29, 0.717) is 15.2 Å². The van der Waals surface area contributed by atoms with Gasteiger partial charge in [-0.25, -0.2) is 5.43 Å². The van der Waals surface area contributed by atoms with Gasteiger partial charge in [0.15, 0.2) is 5.16 Å². The van der Waals surface area contributed by atoms with E-state index >= 15 is 0 Å². The molecule has 1 N–H and O–H groups in total. The van der Waals surface area contributed by atoms with Crippen LogP contribution in [0.3, 0.4) is 0 Å². The van der Waals surface area contributed by atoms with E-state index in [9.17, 15) is 4.79 Å². The number of halogens is 2. The quantitative estimate of drug-likeness (QED) is 0.399. The summed E-state index contributed by atoms with van der Waals surface area (Å²) in [5.74, 6) is 3.45. The van der Waals surface area contributed by atoms with Crippen molar-refractivity contribution in [3.05, 3.63) is 34.1 Å². The van der Waals surface area contributed by atoms with Crippen LogP contribution in [-0.2, 0) is 10.2 Å². The van der Waals surface area contributed by atoms with Crippen molar-refractivity contribution in [3.63, 3.8) is 0 Å². The summed E-state index contributed by atoms with van der Waals surface area (Å²) < 4.78 is 2.10. The summed E-state index contributed by atoms with van der Waals surface area (Å²) in [7, 11) is 0. The minimum Gasteiger partial charge on any atom is -0.272 e. The van der Waals surface area contributed by atoms with Crippen LogP contribution in [0.15, 0.2) is 28.5 Å². The third-order valence-corrected chi connectivity index (χ3v) is 9.37. The number of carbonyl (C=O) groups excluding carboxylic acids is 1. The fraction of sp³-hybridized carbons (Fsp3) is 0.583. The SMILES string of the molecule is O=C(CSc1nnc(C23CC4CC(CC(C4)C2)C3)n1-c1ccc(Cl)cc1Cl)NN=C1CCC1. The van der Waals surface area contributed by atoms with Crippen LogP contribution in [0.25, 0.3) is 5.69 Å². The van der Waals surface area contributed by atoms with Crippen LogP contribution in [0.2, 0.25) is 10.0 Å². The van der Waals surface area contributed by atoms with Gasteiger partial charge in [-0.1, -0.05) is 35.0 Å². The molecular weight excluding hydrogens is 477 g/mol. The summed E-state index contributed by atoms with van der Waals surface area (Å²) in [6, 6.07) is 5.55. The van der Waals surface area contributed by atoms with Crippen molar-refractivity contribution in [2.75, 3.05) is 5.75 Å². The number of hydrogen-bond acceptors (Lipinski definition) is 5. The van der Waals surface area contributed by atoms with Crippen molar-refractivity contribution in [3.8, 4) is 5.69 Å². The lowest BCUT2D eigenvalue weighted by molar-refractivity contribution is -0.118. The van der Waals surface area contributed by atoms with Gasteiger partial charge in [0.1, 0.15) is 5.82 Å². The molecule has 0 unspecified atom stereocenters. The summed E-state index contributed by atoms with van der Waals surface area (Å²) in [5.41, 5.74) is 4.61. The Morgan fingerprint density at radius 2 is 1.82 bits per heavy atom. The molecule has 9 heteroatoms. The average molecular weight is 504 g/mol. The number of thioether (sulfide) groups is 1. The van der Waals surface area contributed by atoms with E-state index in [1.165, 1.54) is 50.3 Å². The molecule has 174 valence electrons. The maximum Gasteiger partial charge on any atom is 0.250 e. The van der Waals surface area contributed by atoms with Crippen LogP contribution in [0.1, 0.15) is 63.6 Å². The minimum atomic E-state index is -0.132. The van der Waals surface area contributed by atoms with Crippen LogP contribution in [0.4, 0.5) is 0 Å². The molecule has 0 atom stereocenters. The first kappa shape index (κ1) is 21.9. The lowest BCUT2D eigenvalue weighted by Gasteiger charge is -2.56. The Morgan fingerprint density at radius 1 is 1.12 bits per heavy atom. The van der Waals surface area contributed by atoms with Crippen molar-refractivity contribution in [2.24, 2.45) is 22.9 Å². The van der Waals surface area contributed by atoms with E-state index in [2.05, 4.69) is 20.2 Å². The van der Waals surface area contributed by atoms with E-state index in [-0.39, 0.29) is 17.1 Å². The monoisotopic (exact) mass is 503 g/mol.